The second-order valence-electron chi connectivity index (χ2n) is 7.44. The molecule has 2 aromatic rings. The average Bonchev–Trinajstić information content (AvgIpc) is 3.22. The molecule has 27 heavy (non-hydrogen) atoms. The highest BCUT2D eigenvalue weighted by atomic mass is 79.9. The molecule has 1 unspecified atom stereocenters. The lowest BCUT2D eigenvalue weighted by molar-refractivity contribution is -0.133. The Kier molecular flexibility index (Phi) is 5.31. The van der Waals surface area contributed by atoms with Gasteiger partial charge in [-0.1, -0.05) is 22.0 Å². The molecule has 2 saturated heterocycles. The molecule has 2 aliphatic heterocycles. The van der Waals surface area contributed by atoms with Gasteiger partial charge in [-0.05, 0) is 30.0 Å². The molecule has 1 atom stereocenters. The van der Waals surface area contributed by atoms with Crippen molar-refractivity contribution in [3.63, 3.8) is 0 Å². The van der Waals surface area contributed by atoms with Crippen LogP contribution >= 0.6 is 15.9 Å². The topological polar surface area (TPSA) is 62.6 Å². The molecule has 0 saturated carbocycles. The van der Waals surface area contributed by atoms with Crippen LogP contribution in [0.15, 0.2) is 34.9 Å². The van der Waals surface area contributed by atoms with E-state index in [0.717, 1.165) is 29.5 Å². The number of piperazine rings is 1. The third-order valence-electron chi connectivity index (χ3n) is 5.69. The van der Waals surface area contributed by atoms with Crippen molar-refractivity contribution in [1.29, 1.82) is 0 Å². The normalized spacial score (nSPS) is 23.1. The number of hydrogen-bond acceptors (Lipinski definition) is 4. The van der Waals surface area contributed by atoms with E-state index < -0.39 is 9.84 Å². The number of carbonyl (C=O) groups is 1. The number of carbonyl (C=O) groups excluding carboxylic acids is 1. The number of aryl methyl sites for hydroxylation is 1. The van der Waals surface area contributed by atoms with Gasteiger partial charge in [0.1, 0.15) is 0 Å². The summed E-state index contributed by atoms with van der Waals surface area (Å²) in [5.41, 5.74) is 1.13. The monoisotopic (exact) mass is 453 g/mol. The maximum Gasteiger partial charge on any atom is 0.224 e. The van der Waals surface area contributed by atoms with Crippen LogP contribution in [0.25, 0.3) is 10.9 Å². The van der Waals surface area contributed by atoms with E-state index in [1.807, 2.05) is 17.2 Å². The van der Waals surface area contributed by atoms with E-state index >= 15 is 0 Å². The molecule has 6 nitrogen and oxygen atoms in total. The molecule has 146 valence electrons. The SMILES string of the molecule is O=C(CCn1ccc2ccc(Br)cc21)N1CCN(C2CCS(=O)(=O)C2)CC1. The van der Waals surface area contributed by atoms with Crippen LogP contribution in [0.2, 0.25) is 0 Å². The first kappa shape index (κ1) is 19.0. The van der Waals surface area contributed by atoms with E-state index in [1.165, 1.54) is 5.39 Å². The zero-order valence-corrected chi connectivity index (χ0v) is 17.6. The maximum atomic E-state index is 12.6. The molecule has 8 heteroatoms. The predicted octanol–water partition coefficient (Wildman–Crippen LogP) is 2.13. The number of sulfone groups is 1. The van der Waals surface area contributed by atoms with E-state index in [1.54, 1.807) is 0 Å². The lowest BCUT2D eigenvalue weighted by Gasteiger charge is -2.37. The lowest BCUT2D eigenvalue weighted by Crippen LogP contribution is -2.52. The molecule has 2 aliphatic rings. The fraction of sp³-hybridized carbons (Fsp3) is 0.526. The first-order valence-electron chi connectivity index (χ1n) is 9.38. The highest BCUT2D eigenvalue weighted by molar-refractivity contribution is 9.10. The number of fused-ring (bicyclic) bond motifs is 1. The molecule has 2 fully saturated rings. The van der Waals surface area contributed by atoms with Gasteiger partial charge in [-0.25, -0.2) is 8.42 Å². The molecule has 4 rings (SSSR count). The standard InChI is InChI=1S/C19H24BrN3O3S/c20-16-2-1-15-3-6-22(18(15)13-16)7-4-19(24)23-10-8-21(9-11-23)17-5-12-27(25,26)14-17/h1-3,6,13,17H,4-5,7-12,14H2. The van der Waals surface area contributed by atoms with E-state index in [-0.39, 0.29) is 17.7 Å². The third-order valence-corrected chi connectivity index (χ3v) is 7.94. The Bertz CT molecular complexity index is 948. The van der Waals surface area contributed by atoms with E-state index in [2.05, 4.69) is 43.6 Å². The van der Waals surface area contributed by atoms with Gasteiger partial charge in [0.25, 0.3) is 0 Å². The number of hydrogen-bond donors (Lipinski definition) is 0. The summed E-state index contributed by atoms with van der Waals surface area (Å²) in [5.74, 6) is 0.750. The molecular formula is C19H24BrN3O3S. The molecule has 1 aromatic heterocycles. The van der Waals surface area contributed by atoms with Crippen molar-refractivity contribution < 1.29 is 13.2 Å². The first-order valence-corrected chi connectivity index (χ1v) is 12.0. The lowest BCUT2D eigenvalue weighted by atomic mass is 10.2. The van der Waals surface area contributed by atoms with Gasteiger partial charge in [0.05, 0.1) is 11.5 Å². The summed E-state index contributed by atoms with van der Waals surface area (Å²) in [7, 11) is -2.86. The second kappa shape index (κ2) is 7.56. The van der Waals surface area contributed by atoms with Crippen LogP contribution < -0.4 is 0 Å². The van der Waals surface area contributed by atoms with Gasteiger partial charge in [0.2, 0.25) is 5.91 Å². The number of halogens is 1. The van der Waals surface area contributed by atoms with Crippen molar-refractivity contribution in [2.45, 2.75) is 25.4 Å². The summed E-state index contributed by atoms with van der Waals surface area (Å²) in [5, 5.41) is 1.17. The molecule has 1 aromatic carbocycles. The molecule has 0 bridgehead atoms. The number of aromatic nitrogens is 1. The summed E-state index contributed by atoms with van der Waals surface area (Å²) < 4.78 is 26.5. The summed E-state index contributed by atoms with van der Waals surface area (Å²) in [4.78, 5) is 16.8. The molecule has 3 heterocycles. The second-order valence-corrected chi connectivity index (χ2v) is 10.6. The molecule has 1 amide bonds. The van der Waals surface area contributed by atoms with Gasteiger partial charge in [-0.15, -0.1) is 0 Å². The third kappa shape index (κ3) is 4.22. The Morgan fingerprint density at radius 1 is 1.15 bits per heavy atom. The van der Waals surface area contributed by atoms with Crippen LogP contribution in [0.1, 0.15) is 12.8 Å². The maximum absolute atomic E-state index is 12.6. The molecule has 0 aliphatic carbocycles. The van der Waals surface area contributed by atoms with Crippen molar-refractivity contribution >= 4 is 42.6 Å². The van der Waals surface area contributed by atoms with Gasteiger partial charge < -0.3 is 9.47 Å². The van der Waals surface area contributed by atoms with Crippen LogP contribution in [0, 0.1) is 0 Å². The van der Waals surface area contributed by atoms with Crippen LogP contribution in [0.5, 0.6) is 0 Å². The minimum absolute atomic E-state index is 0.136. The first-order chi connectivity index (χ1) is 12.9. The zero-order valence-electron chi connectivity index (χ0n) is 15.2. The van der Waals surface area contributed by atoms with Crippen LogP contribution in [0.4, 0.5) is 0 Å². The Labute approximate surface area is 168 Å². The Morgan fingerprint density at radius 3 is 2.63 bits per heavy atom. The fourth-order valence-electron chi connectivity index (χ4n) is 4.13. The van der Waals surface area contributed by atoms with Crippen LogP contribution in [-0.2, 0) is 21.2 Å². The summed E-state index contributed by atoms with van der Waals surface area (Å²) >= 11 is 3.50. The fourth-order valence-corrected chi connectivity index (χ4v) is 6.24. The highest BCUT2D eigenvalue weighted by Gasteiger charge is 2.34. The highest BCUT2D eigenvalue weighted by Crippen LogP contribution is 2.22. The van der Waals surface area contributed by atoms with Crippen molar-refractivity contribution in [2.75, 3.05) is 37.7 Å². The van der Waals surface area contributed by atoms with Crippen molar-refractivity contribution in [3.8, 4) is 0 Å². The number of nitrogens with zero attached hydrogens (tertiary/aromatic N) is 3. The summed E-state index contributed by atoms with van der Waals surface area (Å²) in [6.45, 7) is 3.58. The summed E-state index contributed by atoms with van der Waals surface area (Å²) in [6, 6.07) is 8.37. The van der Waals surface area contributed by atoms with E-state index in [9.17, 15) is 13.2 Å². The van der Waals surface area contributed by atoms with Gasteiger partial charge in [0.15, 0.2) is 9.84 Å². The molecule has 0 radical (unpaired) electrons. The number of rotatable bonds is 4. The quantitative estimate of drug-likeness (QED) is 0.710. The van der Waals surface area contributed by atoms with Gasteiger partial charge >= 0.3 is 0 Å². The van der Waals surface area contributed by atoms with Crippen LogP contribution in [-0.4, -0.2) is 72.4 Å². The molecule has 0 N–H and O–H groups in total. The predicted molar refractivity (Wildman–Crippen MR) is 109 cm³/mol. The van der Waals surface area contributed by atoms with Crippen molar-refractivity contribution in [1.82, 2.24) is 14.4 Å². The Balaban J connectivity index is 1.30. The molecule has 0 spiro atoms. The number of benzene rings is 1. The van der Waals surface area contributed by atoms with Crippen LogP contribution in [0.3, 0.4) is 0 Å². The number of amides is 1. The van der Waals surface area contributed by atoms with E-state index in [0.29, 0.717) is 31.8 Å². The Morgan fingerprint density at radius 2 is 1.93 bits per heavy atom. The smallest absolute Gasteiger partial charge is 0.224 e. The minimum Gasteiger partial charge on any atom is -0.347 e. The molecular weight excluding hydrogens is 430 g/mol. The van der Waals surface area contributed by atoms with Crippen molar-refractivity contribution in [3.05, 3.63) is 34.9 Å². The minimum atomic E-state index is -2.86. The van der Waals surface area contributed by atoms with Gasteiger partial charge in [-0.3, -0.25) is 9.69 Å². The van der Waals surface area contributed by atoms with Gasteiger partial charge in [0, 0.05) is 61.4 Å². The average molecular weight is 454 g/mol. The van der Waals surface area contributed by atoms with Crippen molar-refractivity contribution in [2.24, 2.45) is 0 Å². The largest absolute Gasteiger partial charge is 0.347 e. The Hall–Kier alpha value is -1.38. The summed E-state index contributed by atoms with van der Waals surface area (Å²) in [6.07, 6.45) is 3.24. The van der Waals surface area contributed by atoms with Gasteiger partial charge in [-0.2, -0.15) is 0 Å². The zero-order chi connectivity index (χ0) is 19.0. The van der Waals surface area contributed by atoms with E-state index in [4.69, 9.17) is 0 Å².